The lowest BCUT2D eigenvalue weighted by Crippen LogP contribution is -2.15. The van der Waals surface area contributed by atoms with E-state index in [-0.39, 0.29) is 11.7 Å². The molecule has 4 nitrogen and oxygen atoms in total. The van der Waals surface area contributed by atoms with Crippen molar-refractivity contribution in [3.05, 3.63) is 53.6 Å². The number of amides is 1. The molecule has 0 atom stereocenters. The monoisotopic (exact) mass is 391 g/mol. The largest absolute Gasteiger partial charge is 0.341 e. The van der Waals surface area contributed by atoms with Gasteiger partial charge in [0.2, 0.25) is 15.7 Å². The van der Waals surface area contributed by atoms with Crippen LogP contribution in [0.25, 0.3) is 0 Å². The Hall–Kier alpha value is -1.64. The smallest absolute Gasteiger partial charge is 0.325 e. The lowest BCUT2D eigenvalue weighted by Gasteiger charge is -2.07. The quantitative estimate of drug-likeness (QED) is 0.754. The highest BCUT2D eigenvalue weighted by atomic mass is 35.5. The molecule has 0 saturated heterocycles. The van der Waals surface area contributed by atoms with E-state index in [1.54, 1.807) is 24.3 Å². The van der Waals surface area contributed by atoms with Gasteiger partial charge in [0.05, 0.1) is 15.7 Å². The third-order valence-corrected chi connectivity index (χ3v) is 5.81. The number of hydrogen-bond donors (Lipinski definition) is 1. The van der Waals surface area contributed by atoms with Gasteiger partial charge >= 0.3 is 5.76 Å². The molecule has 0 aliphatic heterocycles. The molecule has 24 heavy (non-hydrogen) atoms. The summed E-state index contributed by atoms with van der Waals surface area (Å²) in [6, 6.07) is 11.6. The van der Waals surface area contributed by atoms with E-state index < -0.39 is 20.5 Å². The Morgan fingerprint density at radius 2 is 1.75 bits per heavy atom. The number of sulfone groups is 1. The van der Waals surface area contributed by atoms with Crippen LogP contribution in [0.4, 0.5) is 14.5 Å². The fourth-order valence-corrected chi connectivity index (χ4v) is 3.49. The van der Waals surface area contributed by atoms with Crippen LogP contribution < -0.4 is 5.32 Å². The van der Waals surface area contributed by atoms with Crippen molar-refractivity contribution in [2.45, 2.75) is 15.5 Å². The van der Waals surface area contributed by atoms with E-state index in [2.05, 4.69) is 5.32 Å². The molecule has 0 aliphatic carbocycles. The Kier molecular flexibility index (Phi) is 6.20. The molecule has 2 rings (SSSR count). The van der Waals surface area contributed by atoms with Crippen LogP contribution in [0, 0.1) is 0 Å². The molecular weight excluding hydrogens is 380 g/mol. The predicted octanol–water partition coefficient (Wildman–Crippen LogP) is 4.07. The highest BCUT2D eigenvalue weighted by Gasteiger charge is 2.26. The average Bonchev–Trinajstić information content (AvgIpc) is 2.54. The molecule has 0 spiro atoms. The van der Waals surface area contributed by atoms with Crippen molar-refractivity contribution in [1.82, 2.24) is 0 Å². The van der Waals surface area contributed by atoms with E-state index in [0.29, 0.717) is 10.7 Å². The number of halogens is 3. The molecule has 0 heterocycles. The van der Waals surface area contributed by atoms with E-state index in [0.717, 1.165) is 17.0 Å². The molecule has 0 unspecified atom stereocenters. The number of alkyl halides is 2. The molecule has 2 aromatic rings. The Bertz CT molecular complexity index is 827. The fraction of sp³-hybridized carbons (Fsp3) is 0.133. The second-order valence-electron chi connectivity index (χ2n) is 4.60. The summed E-state index contributed by atoms with van der Waals surface area (Å²) < 4.78 is 47.5. The van der Waals surface area contributed by atoms with Crippen molar-refractivity contribution in [1.29, 1.82) is 0 Å². The van der Waals surface area contributed by atoms with Crippen LogP contribution in [-0.4, -0.2) is 25.8 Å². The van der Waals surface area contributed by atoms with Gasteiger partial charge in [-0.1, -0.05) is 23.7 Å². The van der Waals surface area contributed by atoms with Gasteiger partial charge in [0.1, 0.15) is 0 Å². The molecule has 128 valence electrons. The minimum atomic E-state index is -4.64. The van der Waals surface area contributed by atoms with Crippen LogP contribution >= 0.6 is 23.4 Å². The van der Waals surface area contributed by atoms with Crippen LogP contribution in [-0.2, 0) is 14.6 Å². The first-order valence-corrected chi connectivity index (χ1v) is 9.51. The Labute approximate surface area is 147 Å². The maximum atomic E-state index is 12.4. The molecule has 1 amide bonds. The standard InChI is InChI=1S/C15H12ClF2NO3S2/c16-12-3-1-2-4-13(12)23-9-14(20)19-10-5-7-11(8-6-10)24(21,22)15(17)18/h1-8,15H,9H2,(H,19,20). The molecule has 0 aliphatic rings. The maximum Gasteiger partial charge on any atom is 0.341 e. The van der Waals surface area contributed by atoms with E-state index in [1.165, 1.54) is 23.9 Å². The van der Waals surface area contributed by atoms with Gasteiger partial charge in [-0.25, -0.2) is 8.42 Å². The van der Waals surface area contributed by atoms with Gasteiger partial charge < -0.3 is 5.32 Å². The van der Waals surface area contributed by atoms with E-state index >= 15 is 0 Å². The molecule has 0 aromatic heterocycles. The first kappa shape index (κ1) is 18.7. The SMILES string of the molecule is O=C(CSc1ccccc1Cl)Nc1ccc(S(=O)(=O)C(F)F)cc1. The van der Waals surface area contributed by atoms with Gasteiger partial charge in [-0.2, -0.15) is 8.78 Å². The molecule has 9 heteroatoms. The maximum absolute atomic E-state index is 12.4. The van der Waals surface area contributed by atoms with Gasteiger partial charge in [0.25, 0.3) is 0 Å². The summed E-state index contributed by atoms with van der Waals surface area (Å²) in [4.78, 5) is 12.1. The highest BCUT2D eigenvalue weighted by molar-refractivity contribution is 8.00. The second-order valence-corrected chi connectivity index (χ2v) is 7.94. The lowest BCUT2D eigenvalue weighted by atomic mass is 10.3. The summed E-state index contributed by atoms with van der Waals surface area (Å²) in [6.45, 7) is 0. The average molecular weight is 392 g/mol. The fourth-order valence-electron chi connectivity index (χ4n) is 1.73. The molecular formula is C15H12ClF2NO3S2. The Morgan fingerprint density at radius 1 is 1.12 bits per heavy atom. The van der Waals surface area contributed by atoms with Crippen LogP contribution in [0.2, 0.25) is 5.02 Å². The zero-order valence-electron chi connectivity index (χ0n) is 12.1. The Morgan fingerprint density at radius 3 is 2.33 bits per heavy atom. The van der Waals surface area contributed by atoms with Crippen molar-refractivity contribution in [2.75, 3.05) is 11.1 Å². The van der Waals surface area contributed by atoms with Crippen LogP contribution in [0.5, 0.6) is 0 Å². The first-order chi connectivity index (χ1) is 11.3. The van der Waals surface area contributed by atoms with E-state index in [4.69, 9.17) is 11.6 Å². The van der Waals surface area contributed by atoms with Gasteiger partial charge in [-0.05, 0) is 36.4 Å². The van der Waals surface area contributed by atoms with Crippen molar-refractivity contribution in [3.8, 4) is 0 Å². The van der Waals surface area contributed by atoms with Crippen LogP contribution in [0.15, 0.2) is 58.3 Å². The third kappa shape index (κ3) is 4.68. The van der Waals surface area contributed by atoms with Crippen LogP contribution in [0.3, 0.4) is 0 Å². The zero-order valence-corrected chi connectivity index (χ0v) is 14.5. The van der Waals surface area contributed by atoms with Crippen molar-refractivity contribution < 1.29 is 22.0 Å². The number of thioether (sulfide) groups is 1. The molecule has 0 fully saturated rings. The number of anilines is 1. The minimum Gasteiger partial charge on any atom is -0.325 e. The lowest BCUT2D eigenvalue weighted by molar-refractivity contribution is -0.113. The molecule has 0 saturated carbocycles. The second kappa shape index (κ2) is 7.96. The number of carbonyl (C=O) groups excluding carboxylic acids is 1. The molecule has 0 bridgehead atoms. The topological polar surface area (TPSA) is 63.2 Å². The summed E-state index contributed by atoms with van der Waals surface area (Å²) >= 11 is 7.23. The number of rotatable bonds is 6. The molecule has 1 N–H and O–H groups in total. The first-order valence-electron chi connectivity index (χ1n) is 6.60. The summed E-state index contributed by atoms with van der Waals surface area (Å²) in [5.41, 5.74) is 0.313. The number of benzene rings is 2. The normalized spacial score (nSPS) is 11.5. The summed E-state index contributed by atoms with van der Waals surface area (Å²) in [5, 5.41) is 3.09. The Balaban J connectivity index is 1.96. The van der Waals surface area contributed by atoms with Gasteiger partial charge in [0.15, 0.2) is 0 Å². The third-order valence-electron chi connectivity index (χ3n) is 2.90. The van der Waals surface area contributed by atoms with Crippen molar-refractivity contribution >= 4 is 44.8 Å². The van der Waals surface area contributed by atoms with E-state index in [1.807, 2.05) is 0 Å². The summed E-state index contributed by atoms with van der Waals surface area (Å²) in [7, 11) is -4.64. The van der Waals surface area contributed by atoms with Gasteiger partial charge in [0, 0.05) is 10.6 Å². The van der Waals surface area contributed by atoms with Gasteiger partial charge in [-0.15, -0.1) is 11.8 Å². The predicted molar refractivity (Wildman–Crippen MR) is 90.4 cm³/mol. The summed E-state index contributed by atoms with van der Waals surface area (Å²) in [6.07, 6.45) is 0. The number of hydrogen-bond acceptors (Lipinski definition) is 4. The minimum absolute atomic E-state index is 0.0980. The zero-order chi connectivity index (χ0) is 17.7. The highest BCUT2D eigenvalue weighted by Crippen LogP contribution is 2.26. The van der Waals surface area contributed by atoms with Crippen molar-refractivity contribution in [2.24, 2.45) is 0 Å². The molecule has 0 radical (unpaired) electrons. The molecule has 2 aromatic carbocycles. The van der Waals surface area contributed by atoms with Gasteiger partial charge in [-0.3, -0.25) is 4.79 Å². The van der Waals surface area contributed by atoms with E-state index in [9.17, 15) is 22.0 Å². The number of carbonyl (C=O) groups is 1. The van der Waals surface area contributed by atoms with Crippen LogP contribution in [0.1, 0.15) is 0 Å². The van der Waals surface area contributed by atoms with Crippen molar-refractivity contribution in [3.63, 3.8) is 0 Å². The number of nitrogens with one attached hydrogen (secondary N) is 1. The summed E-state index contributed by atoms with van der Waals surface area (Å²) in [5.74, 6) is -3.71.